The third kappa shape index (κ3) is 2.27. The molecule has 0 radical (unpaired) electrons. The quantitative estimate of drug-likeness (QED) is 0.796. The molecule has 0 spiro atoms. The van der Waals surface area contributed by atoms with Crippen molar-refractivity contribution in [3.8, 4) is 11.4 Å². The maximum absolute atomic E-state index is 12.0. The molecule has 2 aromatic rings. The van der Waals surface area contributed by atoms with E-state index in [4.69, 9.17) is 5.73 Å². The zero-order valence-electron chi connectivity index (χ0n) is 10.8. The molecule has 0 saturated heterocycles. The van der Waals surface area contributed by atoms with Gasteiger partial charge in [0, 0.05) is 22.5 Å². The van der Waals surface area contributed by atoms with Crippen LogP contribution in [0.15, 0.2) is 29.1 Å². The van der Waals surface area contributed by atoms with E-state index in [1.54, 1.807) is 12.1 Å². The molecule has 0 fully saturated rings. The van der Waals surface area contributed by atoms with E-state index in [2.05, 4.69) is 9.97 Å². The molecule has 0 aliphatic heterocycles. The molecule has 2 rings (SSSR count). The van der Waals surface area contributed by atoms with Crippen molar-refractivity contribution in [2.75, 3.05) is 5.73 Å². The van der Waals surface area contributed by atoms with Crippen LogP contribution in [0.1, 0.15) is 31.0 Å². The number of aryl methyl sites for hydroxylation is 1. The maximum Gasteiger partial charge on any atom is 0.254 e. The minimum atomic E-state index is -0.0654. The van der Waals surface area contributed by atoms with Gasteiger partial charge in [0.2, 0.25) is 0 Å². The highest BCUT2D eigenvalue weighted by Crippen LogP contribution is 2.18. The highest BCUT2D eigenvalue weighted by molar-refractivity contribution is 5.58. The van der Waals surface area contributed by atoms with E-state index >= 15 is 0 Å². The van der Waals surface area contributed by atoms with Crippen molar-refractivity contribution in [2.24, 2.45) is 0 Å². The van der Waals surface area contributed by atoms with Crippen molar-refractivity contribution in [1.29, 1.82) is 0 Å². The number of hydrogen-bond acceptors (Lipinski definition) is 3. The number of nitrogens with zero attached hydrogens (tertiary/aromatic N) is 1. The topological polar surface area (TPSA) is 71.8 Å². The lowest BCUT2D eigenvalue weighted by atomic mass is 10.0. The number of benzene rings is 1. The molecule has 1 aromatic carbocycles. The van der Waals surface area contributed by atoms with Gasteiger partial charge in [-0.2, -0.15) is 0 Å². The molecule has 0 bridgehead atoms. The van der Waals surface area contributed by atoms with E-state index in [1.807, 2.05) is 32.9 Å². The van der Waals surface area contributed by atoms with Crippen molar-refractivity contribution in [1.82, 2.24) is 9.97 Å². The number of rotatable bonds is 2. The third-order valence-corrected chi connectivity index (χ3v) is 2.91. The number of nitrogen functional groups attached to an aromatic ring is 1. The summed E-state index contributed by atoms with van der Waals surface area (Å²) < 4.78 is 0. The molecule has 0 saturated carbocycles. The van der Waals surface area contributed by atoms with Gasteiger partial charge < -0.3 is 10.7 Å². The van der Waals surface area contributed by atoms with Crippen LogP contribution in [0.2, 0.25) is 0 Å². The summed E-state index contributed by atoms with van der Waals surface area (Å²) in [7, 11) is 0. The van der Waals surface area contributed by atoms with Crippen LogP contribution in [0.4, 0.5) is 5.69 Å². The summed E-state index contributed by atoms with van der Waals surface area (Å²) in [5.74, 6) is 0.753. The Bertz CT molecular complexity index is 612. The van der Waals surface area contributed by atoms with Crippen molar-refractivity contribution in [3.05, 3.63) is 45.9 Å². The van der Waals surface area contributed by atoms with Gasteiger partial charge in [0.1, 0.15) is 5.82 Å². The van der Waals surface area contributed by atoms with Crippen LogP contribution in [-0.2, 0) is 0 Å². The maximum atomic E-state index is 12.0. The predicted octanol–water partition coefficient (Wildman–Crippen LogP) is 2.45. The van der Waals surface area contributed by atoms with Gasteiger partial charge in [-0.05, 0) is 37.1 Å². The van der Waals surface area contributed by atoms with Gasteiger partial charge in [0.25, 0.3) is 5.56 Å². The second kappa shape index (κ2) is 4.64. The molecule has 3 N–H and O–H groups in total. The number of aromatic nitrogens is 2. The second-order valence-corrected chi connectivity index (χ2v) is 4.69. The van der Waals surface area contributed by atoms with Crippen molar-refractivity contribution >= 4 is 5.69 Å². The first kappa shape index (κ1) is 12.4. The minimum Gasteiger partial charge on any atom is -0.399 e. The summed E-state index contributed by atoms with van der Waals surface area (Å²) in [5, 5.41) is 0. The zero-order chi connectivity index (χ0) is 13.3. The molecule has 1 aromatic heterocycles. The van der Waals surface area contributed by atoms with E-state index in [0.717, 1.165) is 16.8 Å². The van der Waals surface area contributed by atoms with E-state index in [9.17, 15) is 4.79 Å². The molecule has 1 heterocycles. The fourth-order valence-corrected chi connectivity index (χ4v) is 2.05. The fraction of sp³-hybridized carbons (Fsp3) is 0.286. The second-order valence-electron chi connectivity index (χ2n) is 4.69. The largest absolute Gasteiger partial charge is 0.399 e. The van der Waals surface area contributed by atoms with Gasteiger partial charge in [-0.25, -0.2) is 4.98 Å². The average molecular weight is 243 g/mol. The molecule has 0 aliphatic carbocycles. The first-order valence-electron chi connectivity index (χ1n) is 5.95. The summed E-state index contributed by atoms with van der Waals surface area (Å²) >= 11 is 0. The standard InChI is InChI=1S/C14H17N3O/c1-8(2)12-9(3)16-13(17-14(12)18)10-4-6-11(15)7-5-10/h4-8H,15H2,1-3H3,(H,16,17,18). The van der Waals surface area contributed by atoms with Crippen molar-refractivity contribution < 1.29 is 0 Å². The molecule has 94 valence electrons. The van der Waals surface area contributed by atoms with E-state index < -0.39 is 0 Å². The smallest absolute Gasteiger partial charge is 0.254 e. The number of anilines is 1. The molecular weight excluding hydrogens is 226 g/mol. The van der Waals surface area contributed by atoms with Crippen molar-refractivity contribution in [3.63, 3.8) is 0 Å². The van der Waals surface area contributed by atoms with Crippen LogP contribution >= 0.6 is 0 Å². The number of aromatic amines is 1. The Labute approximate surface area is 106 Å². The first-order valence-corrected chi connectivity index (χ1v) is 5.95. The molecule has 0 amide bonds. The lowest BCUT2D eigenvalue weighted by molar-refractivity contribution is 0.815. The summed E-state index contributed by atoms with van der Waals surface area (Å²) in [4.78, 5) is 19.3. The van der Waals surface area contributed by atoms with Gasteiger partial charge in [-0.1, -0.05) is 13.8 Å². The molecule has 0 atom stereocenters. The summed E-state index contributed by atoms with van der Waals surface area (Å²) in [6.45, 7) is 5.84. The summed E-state index contributed by atoms with van der Waals surface area (Å²) in [6.07, 6.45) is 0. The minimum absolute atomic E-state index is 0.0654. The summed E-state index contributed by atoms with van der Waals surface area (Å²) in [5.41, 5.74) is 8.65. The fourth-order valence-electron chi connectivity index (χ4n) is 2.05. The third-order valence-electron chi connectivity index (χ3n) is 2.91. The van der Waals surface area contributed by atoms with E-state index in [-0.39, 0.29) is 11.5 Å². The Morgan fingerprint density at radius 2 is 1.83 bits per heavy atom. The van der Waals surface area contributed by atoms with Crippen LogP contribution in [0.25, 0.3) is 11.4 Å². The summed E-state index contributed by atoms with van der Waals surface area (Å²) in [6, 6.07) is 7.28. The average Bonchev–Trinajstić information content (AvgIpc) is 2.28. The zero-order valence-corrected chi connectivity index (χ0v) is 10.8. The lowest BCUT2D eigenvalue weighted by Crippen LogP contribution is -2.18. The molecule has 4 heteroatoms. The molecule has 4 nitrogen and oxygen atoms in total. The Hall–Kier alpha value is -2.10. The highest BCUT2D eigenvalue weighted by Gasteiger charge is 2.12. The highest BCUT2D eigenvalue weighted by atomic mass is 16.1. The van der Waals surface area contributed by atoms with E-state index in [0.29, 0.717) is 11.5 Å². The van der Waals surface area contributed by atoms with Crippen LogP contribution in [0.3, 0.4) is 0 Å². The molecule has 0 aliphatic rings. The van der Waals surface area contributed by atoms with Crippen LogP contribution in [0, 0.1) is 6.92 Å². The number of nitrogens with one attached hydrogen (secondary N) is 1. The Kier molecular flexibility index (Phi) is 3.19. The van der Waals surface area contributed by atoms with Gasteiger partial charge in [0.15, 0.2) is 0 Å². The predicted molar refractivity (Wildman–Crippen MR) is 73.5 cm³/mol. The van der Waals surface area contributed by atoms with Gasteiger partial charge in [-0.3, -0.25) is 4.79 Å². The SMILES string of the molecule is Cc1nc(-c2ccc(N)cc2)[nH]c(=O)c1C(C)C. The monoisotopic (exact) mass is 243 g/mol. The van der Waals surface area contributed by atoms with Gasteiger partial charge in [0.05, 0.1) is 0 Å². The van der Waals surface area contributed by atoms with Gasteiger partial charge >= 0.3 is 0 Å². The van der Waals surface area contributed by atoms with Crippen LogP contribution < -0.4 is 11.3 Å². The Morgan fingerprint density at radius 3 is 2.33 bits per heavy atom. The first-order chi connectivity index (χ1) is 8.49. The van der Waals surface area contributed by atoms with Crippen LogP contribution in [-0.4, -0.2) is 9.97 Å². The molecule has 0 unspecified atom stereocenters. The number of nitrogens with two attached hydrogens (primary N) is 1. The lowest BCUT2D eigenvalue weighted by Gasteiger charge is -2.09. The molecule has 18 heavy (non-hydrogen) atoms. The molecular formula is C14H17N3O. The van der Waals surface area contributed by atoms with Gasteiger partial charge in [-0.15, -0.1) is 0 Å². The van der Waals surface area contributed by atoms with Crippen LogP contribution in [0.5, 0.6) is 0 Å². The normalized spacial score (nSPS) is 10.9. The number of hydrogen-bond donors (Lipinski definition) is 2. The number of H-pyrrole nitrogens is 1. The van der Waals surface area contributed by atoms with E-state index in [1.165, 1.54) is 0 Å². The van der Waals surface area contributed by atoms with Crippen molar-refractivity contribution in [2.45, 2.75) is 26.7 Å². The Balaban J connectivity index is 2.55. The Morgan fingerprint density at radius 1 is 1.22 bits per heavy atom.